The molecule has 1 heterocycles. The number of fused-ring (bicyclic) bond motifs is 1. The first-order valence-corrected chi connectivity index (χ1v) is 8.11. The third-order valence-electron chi connectivity index (χ3n) is 5.96. The van der Waals surface area contributed by atoms with Crippen LogP contribution < -0.4 is 5.73 Å². The molecule has 3 aliphatic rings. The second kappa shape index (κ2) is 5.01. The van der Waals surface area contributed by atoms with E-state index in [2.05, 4.69) is 18.7 Å². The summed E-state index contributed by atoms with van der Waals surface area (Å²) in [5.41, 5.74) is 6.81. The average molecular weight is 266 g/mol. The lowest BCUT2D eigenvalue weighted by Crippen LogP contribution is -2.45. The van der Waals surface area contributed by atoms with E-state index in [1.165, 1.54) is 32.2 Å². The van der Waals surface area contributed by atoms with E-state index in [-0.39, 0.29) is 6.10 Å². The highest BCUT2D eigenvalue weighted by atomic mass is 16.3. The van der Waals surface area contributed by atoms with E-state index in [0.29, 0.717) is 23.3 Å². The van der Waals surface area contributed by atoms with Gasteiger partial charge < -0.3 is 15.7 Å². The third kappa shape index (κ3) is 2.84. The van der Waals surface area contributed by atoms with Crippen LogP contribution in [0.15, 0.2) is 0 Å². The first-order chi connectivity index (χ1) is 8.94. The summed E-state index contributed by atoms with van der Waals surface area (Å²) in [5, 5.41) is 10.0. The zero-order valence-corrected chi connectivity index (χ0v) is 12.5. The molecule has 110 valence electrons. The summed E-state index contributed by atoms with van der Waals surface area (Å²) in [6, 6.07) is 0.387. The Hall–Kier alpha value is -0.120. The molecule has 19 heavy (non-hydrogen) atoms. The molecule has 0 radical (unpaired) electrons. The highest BCUT2D eigenvalue weighted by Gasteiger charge is 2.43. The lowest BCUT2D eigenvalue weighted by Gasteiger charge is -2.41. The molecule has 2 aliphatic carbocycles. The van der Waals surface area contributed by atoms with Crippen molar-refractivity contribution in [3.05, 3.63) is 0 Å². The molecule has 0 spiro atoms. The van der Waals surface area contributed by atoms with Gasteiger partial charge >= 0.3 is 0 Å². The minimum absolute atomic E-state index is 0.0357. The number of aliphatic hydroxyl groups excluding tert-OH is 1. The van der Waals surface area contributed by atoms with E-state index in [1.54, 1.807) is 0 Å². The van der Waals surface area contributed by atoms with Gasteiger partial charge in [0.1, 0.15) is 0 Å². The lowest BCUT2D eigenvalue weighted by atomic mass is 9.70. The predicted molar refractivity (Wildman–Crippen MR) is 77.8 cm³/mol. The SMILES string of the molecule is CC1(C)CCC(N)C(CN2CC3CCC(O)C3C2)C1. The number of nitrogens with two attached hydrogens (primary N) is 1. The molecular formula is C16H30N2O. The number of likely N-dealkylation sites (tertiary alicyclic amines) is 1. The Balaban J connectivity index is 1.57. The van der Waals surface area contributed by atoms with Crippen LogP contribution in [0.1, 0.15) is 46.0 Å². The van der Waals surface area contributed by atoms with Gasteiger partial charge in [0, 0.05) is 31.6 Å². The number of hydrogen-bond acceptors (Lipinski definition) is 3. The molecule has 1 aliphatic heterocycles. The quantitative estimate of drug-likeness (QED) is 0.802. The minimum Gasteiger partial charge on any atom is -0.393 e. The average Bonchev–Trinajstić information content (AvgIpc) is 2.87. The van der Waals surface area contributed by atoms with Crippen LogP contribution in [-0.4, -0.2) is 41.8 Å². The molecule has 0 aromatic carbocycles. The van der Waals surface area contributed by atoms with Crippen LogP contribution in [-0.2, 0) is 0 Å². The van der Waals surface area contributed by atoms with Crippen LogP contribution in [0.5, 0.6) is 0 Å². The zero-order valence-electron chi connectivity index (χ0n) is 12.5. The smallest absolute Gasteiger partial charge is 0.0583 e. The number of aliphatic hydroxyl groups is 1. The molecule has 2 saturated carbocycles. The Morgan fingerprint density at radius 3 is 2.74 bits per heavy atom. The molecule has 3 rings (SSSR count). The Labute approximate surface area is 117 Å². The number of rotatable bonds is 2. The first-order valence-electron chi connectivity index (χ1n) is 8.11. The van der Waals surface area contributed by atoms with Crippen molar-refractivity contribution in [3.8, 4) is 0 Å². The Morgan fingerprint density at radius 2 is 2.00 bits per heavy atom. The van der Waals surface area contributed by atoms with E-state index in [0.717, 1.165) is 25.4 Å². The molecule has 0 aromatic heterocycles. The van der Waals surface area contributed by atoms with Gasteiger partial charge in [-0.05, 0) is 49.4 Å². The normalized spacial score (nSPS) is 46.4. The summed E-state index contributed by atoms with van der Waals surface area (Å²) in [6.07, 6.45) is 5.94. The monoisotopic (exact) mass is 266 g/mol. The van der Waals surface area contributed by atoms with Gasteiger partial charge in [-0.2, -0.15) is 0 Å². The fourth-order valence-electron chi connectivity index (χ4n) is 4.77. The van der Waals surface area contributed by atoms with Crippen molar-refractivity contribution in [1.82, 2.24) is 4.90 Å². The van der Waals surface area contributed by atoms with Crippen molar-refractivity contribution < 1.29 is 5.11 Å². The molecule has 0 bridgehead atoms. The van der Waals surface area contributed by atoms with E-state index in [4.69, 9.17) is 5.73 Å². The maximum atomic E-state index is 10.0. The van der Waals surface area contributed by atoms with Gasteiger partial charge in [-0.25, -0.2) is 0 Å². The van der Waals surface area contributed by atoms with Crippen LogP contribution in [0.25, 0.3) is 0 Å². The predicted octanol–water partition coefficient (Wildman–Crippen LogP) is 1.84. The largest absolute Gasteiger partial charge is 0.393 e. The molecule has 3 nitrogen and oxygen atoms in total. The van der Waals surface area contributed by atoms with Crippen molar-refractivity contribution in [2.75, 3.05) is 19.6 Å². The molecule has 3 N–H and O–H groups in total. The number of hydrogen-bond donors (Lipinski definition) is 2. The van der Waals surface area contributed by atoms with E-state index < -0.39 is 0 Å². The van der Waals surface area contributed by atoms with Crippen LogP contribution in [0, 0.1) is 23.2 Å². The minimum atomic E-state index is -0.0357. The maximum Gasteiger partial charge on any atom is 0.0583 e. The van der Waals surface area contributed by atoms with Crippen LogP contribution >= 0.6 is 0 Å². The molecule has 1 saturated heterocycles. The Kier molecular flexibility index (Phi) is 3.65. The Morgan fingerprint density at radius 1 is 1.21 bits per heavy atom. The molecule has 0 aromatic rings. The molecule has 0 amide bonds. The third-order valence-corrected chi connectivity index (χ3v) is 5.96. The second-order valence-electron chi connectivity index (χ2n) is 8.12. The molecule has 3 heteroatoms. The second-order valence-corrected chi connectivity index (χ2v) is 8.12. The summed E-state index contributed by atoms with van der Waals surface area (Å²) in [5.74, 6) is 1.95. The van der Waals surface area contributed by atoms with Gasteiger partial charge in [-0.1, -0.05) is 13.8 Å². The van der Waals surface area contributed by atoms with Gasteiger partial charge in [0.25, 0.3) is 0 Å². The summed E-state index contributed by atoms with van der Waals surface area (Å²) >= 11 is 0. The summed E-state index contributed by atoms with van der Waals surface area (Å²) in [4.78, 5) is 2.59. The fraction of sp³-hybridized carbons (Fsp3) is 1.00. The van der Waals surface area contributed by atoms with Crippen molar-refractivity contribution >= 4 is 0 Å². The van der Waals surface area contributed by atoms with Crippen LogP contribution in [0.3, 0.4) is 0 Å². The van der Waals surface area contributed by atoms with Gasteiger partial charge in [-0.15, -0.1) is 0 Å². The topological polar surface area (TPSA) is 49.5 Å². The standard InChI is InChI=1S/C16H30N2O/c1-16(2)6-5-14(17)12(7-16)9-18-8-11-3-4-15(19)13(11)10-18/h11-15,19H,3-10,17H2,1-2H3. The van der Waals surface area contributed by atoms with Crippen LogP contribution in [0.2, 0.25) is 0 Å². The fourth-order valence-corrected chi connectivity index (χ4v) is 4.77. The van der Waals surface area contributed by atoms with Crippen molar-refractivity contribution in [3.63, 3.8) is 0 Å². The molecular weight excluding hydrogens is 236 g/mol. The van der Waals surface area contributed by atoms with Crippen molar-refractivity contribution in [2.24, 2.45) is 28.9 Å². The zero-order chi connectivity index (χ0) is 13.6. The van der Waals surface area contributed by atoms with E-state index in [1.807, 2.05) is 0 Å². The van der Waals surface area contributed by atoms with Gasteiger partial charge in [-0.3, -0.25) is 0 Å². The van der Waals surface area contributed by atoms with E-state index >= 15 is 0 Å². The van der Waals surface area contributed by atoms with Gasteiger partial charge in [0.15, 0.2) is 0 Å². The lowest BCUT2D eigenvalue weighted by molar-refractivity contribution is 0.104. The summed E-state index contributed by atoms with van der Waals surface area (Å²) < 4.78 is 0. The first kappa shape index (κ1) is 13.8. The van der Waals surface area contributed by atoms with Crippen molar-refractivity contribution in [1.29, 1.82) is 0 Å². The van der Waals surface area contributed by atoms with E-state index in [9.17, 15) is 5.11 Å². The Bertz CT molecular complexity index is 331. The highest BCUT2D eigenvalue weighted by Crippen LogP contribution is 2.41. The summed E-state index contributed by atoms with van der Waals surface area (Å²) in [7, 11) is 0. The number of nitrogens with zero attached hydrogens (tertiary/aromatic N) is 1. The van der Waals surface area contributed by atoms with Crippen molar-refractivity contribution in [2.45, 2.75) is 58.1 Å². The summed E-state index contributed by atoms with van der Waals surface area (Å²) in [6.45, 7) is 8.23. The van der Waals surface area contributed by atoms with Crippen LogP contribution in [0.4, 0.5) is 0 Å². The maximum absolute atomic E-state index is 10.0. The molecule has 5 atom stereocenters. The van der Waals surface area contributed by atoms with Gasteiger partial charge in [0.05, 0.1) is 6.10 Å². The highest BCUT2D eigenvalue weighted by molar-refractivity contribution is 4.96. The molecule has 5 unspecified atom stereocenters. The molecule has 3 fully saturated rings. The van der Waals surface area contributed by atoms with Gasteiger partial charge in [0.2, 0.25) is 0 Å².